The predicted molar refractivity (Wildman–Crippen MR) is 65.6 cm³/mol. The SMILES string of the molecule is COc1ccc(F)c(NCc2ccc([N+](=O)[O-])o2)c1. The lowest BCUT2D eigenvalue weighted by Crippen LogP contribution is -2.01. The highest BCUT2D eigenvalue weighted by molar-refractivity contribution is 5.49. The number of anilines is 1. The molecule has 0 fully saturated rings. The number of ether oxygens (including phenoxy) is 1. The molecule has 0 aliphatic heterocycles. The second kappa shape index (κ2) is 5.38. The molecular weight excluding hydrogens is 255 g/mol. The first-order chi connectivity index (χ1) is 9.10. The third kappa shape index (κ3) is 3.01. The van der Waals surface area contributed by atoms with Crippen LogP contribution in [0.1, 0.15) is 5.76 Å². The molecule has 7 heteroatoms. The van der Waals surface area contributed by atoms with Crippen molar-refractivity contribution in [2.75, 3.05) is 12.4 Å². The summed E-state index contributed by atoms with van der Waals surface area (Å²) in [4.78, 5) is 9.81. The zero-order chi connectivity index (χ0) is 13.8. The Kier molecular flexibility index (Phi) is 3.65. The largest absolute Gasteiger partial charge is 0.497 e. The van der Waals surface area contributed by atoms with Crippen LogP contribution in [0.4, 0.5) is 16.0 Å². The van der Waals surface area contributed by atoms with Gasteiger partial charge in [-0.3, -0.25) is 10.1 Å². The van der Waals surface area contributed by atoms with Crippen molar-refractivity contribution in [1.82, 2.24) is 0 Å². The number of furan rings is 1. The van der Waals surface area contributed by atoms with E-state index in [2.05, 4.69) is 5.32 Å². The minimum Gasteiger partial charge on any atom is -0.497 e. The molecule has 0 bridgehead atoms. The van der Waals surface area contributed by atoms with Crippen molar-refractivity contribution in [2.24, 2.45) is 0 Å². The molecule has 1 aromatic heterocycles. The van der Waals surface area contributed by atoms with Gasteiger partial charge in [-0.25, -0.2) is 4.39 Å². The van der Waals surface area contributed by atoms with E-state index in [1.54, 1.807) is 0 Å². The number of halogens is 1. The molecule has 1 heterocycles. The molecule has 0 unspecified atom stereocenters. The summed E-state index contributed by atoms with van der Waals surface area (Å²) in [5, 5.41) is 13.2. The van der Waals surface area contributed by atoms with Gasteiger partial charge in [0.2, 0.25) is 0 Å². The van der Waals surface area contributed by atoms with Crippen LogP contribution in [0.25, 0.3) is 0 Å². The third-order valence-corrected chi connectivity index (χ3v) is 2.45. The molecule has 6 nitrogen and oxygen atoms in total. The molecule has 0 atom stereocenters. The monoisotopic (exact) mass is 266 g/mol. The minimum absolute atomic E-state index is 0.137. The first-order valence-corrected chi connectivity index (χ1v) is 5.40. The van der Waals surface area contributed by atoms with E-state index < -0.39 is 10.7 Å². The first kappa shape index (κ1) is 12.9. The summed E-state index contributed by atoms with van der Waals surface area (Å²) in [6.45, 7) is 0.137. The van der Waals surface area contributed by atoms with Crippen LogP contribution in [-0.4, -0.2) is 12.0 Å². The smallest absolute Gasteiger partial charge is 0.433 e. The van der Waals surface area contributed by atoms with Crippen molar-refractivity contribution in [3.63, 3.8) is 0 Å². The second-order valence-electron chi connectivity index (χ2n) is 3.70. The fraction of sp³-hybridized carbons (Fsp3) is 0.167. The van der Waals surface area contributed by atoms with Crippen molar-refractivity contribution in [3.05, 3.63) is 52.0 Å². The van der Waals surface area contributed by atoms with Gasteiger partial charge in [-0.15, -0.1) is 0 Å². The molecule has 1 aromatic carbocycles. The van der Waals surface area contributed by atoms with Crippen LogP contribution in [0.3, 0.4) is 0 Å². The highest BCUT2D eigenvalue weighted by Crippen LogP contribution is 2.22. The van der Waals surface area contributed by atoms with Gasteiger partial charge in [0.15, 0.2) is 0 Å². The molecule has 2 aromatic rings. The Bertz CT molecular complexity index is 597. The van der Waals surface area contributed by atoms with E-state index >= 15 is 0 Å². The van der Waals surface area contributed by atoms with Gasteiger partial charge in [0.25, 0.3) is 0 Å². The zero-order valence-electron chi connectivity index (χ0n) is 10.1. The molecule has 100 valence electrons. The van der Waals surface area contributed by atoms with Crippen LogP contribution in [0, 0.1) is 15.9 Å². The second-order valence-corrected chi connectivity index (χ2v) is 3.70. The summed E-state index contributed by atoms with van der Waals surface area (Å²) < 4.78 is 23.4. The van der Waals surface area contributed by atoms with Crippen LogP contribution in [-0.2, 0) is 6.54 Å². The summed E-state index contributed by atoms with van der Waals surface area (Å²) >= 11 is 0. The maximum Gasteiger partial charge on any atom is 0.433 e. The van der Waals surface area contributed by atoms with E-state index in [1.165, 1.54) is 37.4 Å². The Hall–Kier alpha value is -2.57. The van der Waals surface area contributed by atoms with Gasteiger partial charge in [-0.05, 0) is 18.2 Å². The molecule has 19 heavy (non-hydrogen) atoms. The zero-order valence-corrected chi connectivity index (χ0v) is 10.1. The van der Waals surface area contributed by atoms with Crippen LogP contribution >= 0.6 is 0 Å². The molecule has 1 N–H and O–H groups in total. The molecule has 0 radical (unpaired) electrons. The number of benzene rings is 1. The van der Waals surface area contributed by atoms with Gasteiger partial charge in [0.05, 0.1) is 25.4 Å². The van der Waals surface area contributed by atoms with Crippen molar-refractivity contribution in [1.29, 1.82) is 0 Å². The average Bonchev–Trinajstić information content (AvgIpc) is 2.87. The van der Waals surface area contributed by atoms with Crippen molar-refractivity contribution < 1.29 is 18.5 Å². The quantitative estimate of drug-likeness (QED) is 0.665. The van der Waals surface area contributed by atoms with E-state index in [0.29, 0.717) is 11.5 Å². The summed E-state index contributed by atoms with van der Waals surface area (Å²) in [5.41, 5.74) is 0.235. The number of nitrogens with zero attached hydrogens (tertiary/aromatic N) is 1. The van der Waals surface area contributed by atoms with E-state index in [9.17, 15) is 14.5 Å². The van der Waals surface area contributed by atoms with Gasteiger partial charge < -0.3 is 14.5 Å². The molecule has 2 rings (SSSR count). The van der Waals surface area contributed by atoms with Gasteiger partial charge >= 0.3 is 5.88 Å². The molecular formula is C12H11FN2O4. The van der Waals surface area contributed by atoms with Crippen LogP contribution in [0.15, 0.2) is 34.7 Å². The third-order valence-electron chi connectivity index (χ3n) is 2.45. The predicted octanol–water partition coefficient (Wildman–Crippen LogP) is 2.95. The Morgan fingerprint density at radius 3 is 2.84 bits per heavy atom. The minimum atomic E-state index is -0.629. The first-order valence-electron chi connectivity index (χ1n) is 5.40. The van der Waals surface area contributed by atoms with Gasteiger partial charge in [0.1, 0.15) is 22.3 Å². The van der Waals surface area contributed by atoms with E-state index in [0.717, 1.165) is 0 Å². The standard InChI is InChI=1S/C12H11FN2O4/c1-18-8-2-4-10(13)11(6-8)14-7-9-3-5-12(19-9)15(16)17/h2-6,14H,7H2,1H3. The number of nitro groups is 1. The normalized spacial score (nSPS) is 10.2. The van der Waals surface area contributed by atoms with E-state index in [1.807, 2.05) is 0 Å². The number of methoxy groups -OCH3 is 1. The fourth-order valence-corrected chi connectivity index (χ4v) is 1.51. The van der Waals surface area contributed by atoms with Crippen LogP contribution in [0.5, 0.6) is 5.75 Å². The lowest BCUT2D eigenvalue weighted by molar-refractivity contribution is -0.402. The number of hydrogen-bond acceptors (Lipinski definition) is 5. The maximum atomic E-state index is 13.5. The highest BCUT2D eigenvalue weighted by Gasteiger charge is 2.12. The van der Waals surface area contributed by atoms with Gasteiger partial charge in [-0.1, -0.05) is 0 Å². The Morgan fingerprint density at radius 1 is 1.42 bits per heavy atom. The number of rotatable bonds is 5. The summed E-state index contributed by atoms with van der Waals surface area (Å²) in [5.74, 6) is 0.0630. The van der Waals surface area contributed by atoms with Gasteiger partial charge in [-0.2, -0.15) is 0 Å². The van der Waals surface area contributed by atoms with Crippen LogP contribution < -0.4 is 10.1 Å². The summed E-state index contributed by atoms with van der Waals surface area (Å²) in [6.07, 6.45) is 0. The average molecular weight is 266 g/mol. The van der Waals surface area contributed by atoms with E-state index in [-0.39, 0.29) is 18.1 Å². The number of nitrogens with one attached hydrogen (secondary N) is 1. The Labute approximate surface area is 107 Å². The van der Waals surface area contributed by atoms with Crippen molar-refractivity contribution >= 4 is 11.6 Å². The van der Waals surface area contributed by atoms with E-state index in [4.69, 9.17) is 9.15 Å². The molecule has 0 amide bonds. The Balaban J connectivity index is 2.07. The van der Waals surface area contributed by atoms with Crippen molar-refractivity contribution in [3.8, 4) is 5.75 Å². The molecule has 0 aliphatic rings. The topological polar surface area (TPSA) is 77.5 Å². The van der Waals surface area contributed by atoms with Gasteiger partial charge in [0, 0.05) is 6.07 Å². The summed E-state index contributed by atoms with van der Waals surface area (Å²) in [7, 11) is 1.48. The van der Waals surface area contributed by atoms with Crippen LogP contribution in [0.2, 0.25) is 0 Å². The highest BCUT2D eigenvalue weighted by atomic mass is 19.1. The lowest BCUT2D eigenvalue weighted by atomic mass is 10.3. The maximum absolute atomic E-state index is 13.5. The molecule has 0 aliphatic carbocycles. The molecule has 0 saturated heterocycles. The Morgan fingerprint density at radius 2 is 2.21 bits per heavy atom. The molecule has 0 spiro atoms. The van der Waals surface area contributed by atoms with Crippen molar-refractivity contribution in [2.45, 2.75) is 6.54 Å². The lowest BCUT2D eigenvalue weighted by Gasteiger charge is -2.07. The summed E-state index contributed by atoms with van der Waals surface area (Å²) in [6, 6.07) is 6.97. The molecule has 0 saturated carbocycles. The fourth-order valence-electron chi connectivity index (χ4n) is 1.51. The number of hydrogen-bond donors (Lipinski definition) is 1.